The Morgan fingerprint density at radius 3 is 2.33 bits per heavy atom. The fourth-order valence-corrected chi connectivity index (χ4v) is 6.70. The van der Waals surface area contributed by atoms with E-state index in [-0.39, 0.29) is 32.4 Å². The second-order valence-electron chi connectivity index (χ2n) is 12.6. The van der Waals surface area contributed by atoms with Crippen LogP contribution in [0.3, 0.4) is 0 Å². The number of rotatable bonds is 7. The number of methoxy groups -OCH3 is 2. The molecular formula is C32H37Br2F2N7O5. The zero-order valence-corrected chi connectivity index (χ0v) is 31.0. The van der Waals surface area contributed by atoms with E-state index in [0.717, 1.165) is 0 Å². The molecule has 0 fully saturated rings. The number of benzene rings is 2. The van der Waals surface area contributed by atoms with Crippen molar-refractivity contribution < 1.29 is 32.6 Å². The summed E-state index contributed by atoms with van der Waals surface area (Å²) >= 11 is 6.51. The fourth-order valence-electron chi connectivity index (χ4n) is 5.54. The number of hydrogen-bond donors (Lipinski definition) is 1. The molecule has 2 aromatic heterocycles. The van der Waals surface area contributed by atoms with E-state index in [9.17, 15) is 14.0 Å². The summed E-state index contributed by atoms with van der Waals surface area (Å²) in [6, 6.07) is 4.84. The van der Waals surface area contributed by atoms with Gasteiger partial charge >= 0.3 is 12.1 Å². The summed E-state index contributed by atoms with van der Waals surface area (Å²) < 4.78 is 50.9. The first kappa shape index (κ1) is 35.7. The van der Waals surface area contributed by atoms with Crippen LogP contribution in [0.2, 0.25) is 0 Å². The predicted octanol–water partition coefficient (Wildman–Crippen LogP) is 7.46. The quantitative estimate of drug-likeness (QED) is 0.153. The van der Waals surface area contributed by atoms with Gasteiger partial charge in [-0.05, 0) is 90.7 Å². The van der Waals surface area contributed by atoms with E-state index in [1.54, 1.807) is 52.6 Å². The molecule has 0 spiro atoms. The highest BCUT2D eigenvalue weighted by molar-refractivity contribution is 9.11. The van der Waals surface area contributed by atoms with Crippen LogP contribution < -0.4 is 10.2 Å². The Kier molecular flexibility index (Phi) is 9.94. The first-order valence-electron chi connectivity index (χ1n) is 15.0. The molecule has 3 heterocycles. The van der Waals surface area contributed by atoms with Crippen LogP contribution in [0.25, 0.3) is 16.6 Å². The van der Waals surface area contributed by atoms with Crippen LogP contribution in [0, 0.1) is 11.6 Å². The van der Waals surface area contributed by atoms with Gasteiger partial charge in [-0.3, -0.25) is 14.9 Å². The van der Waals surface area contributed by atoms with Gasteiger partial charge in [-0.15, -0.1) is 0 Å². The smallest absolute Gasteiger partial charge is 0.410 e. The van der Waals surface area contributed by atoms with Crippen molar-refractivity contribution in [3.8, 4) is 5.69 Å². The number of anilines is 2. The Bertz CT molecular complexity index is 1860. The molecule has 258 valence electrons. The van der Waals surface area contributed by atoms with Crippen molar-refractivity contribution in [2.24, 2.45) is 7.05 Å². The van der Waals surface area contributed by atoms with Crippen molar-refractivity contribution in [2.75, 3.05) is 37.5 Å². The molecule has 0 saturated carbocycles. The number of ether oxygens (including phenoxy) is 3. The van der Waals surface area contributed by atoms with Crippen LogP contribution in [0.15, 0.2) is 39.4 Å². The maximum Gasteiger partial charge on any atom is 0.410 e. The van der Waals surface area contributed by atoms with Gasteiger partial charge in [-0.1, -0.05) is 0 Å². The molecule has 0 saturated heterocycles. The molecule has 2 aromatic carbocycles. The number of urea groups is 1. The molecule has 3 amide bonds. The number of aryl methyl sites for hydroxylation is 1. The van der Waals surface area contributed by atoms with E-state index in [4.69, 9.17) is 19.3 Å². The van der Waals surface area contributed by atoms with Crippen LogP contribution in [0.4, 0.5) is 29.9 Å². The Balaban J connectivity index is 1.65. The molecule has 0 radical (unpaired) electrons. The lowest BCUT2D eigenvalue weighted by Gasteiger charge is -2.35. The standard InChI is InChI=1S/C32H37Br2F2N7O5/c1-17-25-22(11-12-41(17)30(45)48-31(2,3)4)39-43(18-13-20(33)27(36)21(34)14-18)28(25)38-29(44)42(16-32(5,46-7)47-8)24-10-9-23-19(26(24)35)15-37-40(23)6/h9-10,13-15,17H,11-12,16H2,1-8H3,(H,38,44)/t17-/m0/s1. The lowest BCUT2D eigenvalue weighted by atomic mass is 10.00. The molecule has 48 heavy (non-hydrogen) atoms. The summed E-state index contributed by atoms with van der Waals surface area (Å²) in [6.07, 6.45) is 1.21. The number of aromatic nitrogens is 4. The maximum atomic E-state index is 16.2. The number of fused-ring (bicyclic) bond motifs is 2. The molecule has 1 aliphatic rings. The predicted molar refractivity (Wildman–Crippen MR) is 183 cm³/mol. The number of hydrogen-bond acceptors (Lipinski definition) is 7. The van der Waals surface area contributed by atoms with Gasteiger partial charge in [-0.25, -0.2) is 23.1 Å². The molecule has 1 atom stereocenters. The molecule has 0 unspecified atom stereocenters. The highest BCUT2D eigenvalue weighted by Gasteiger charge is 2.38. The number of amides is 3. The van der Waals surface area contributed by atoms with Crippen molar-refractivity contribution in [3.63, 3.8) is 0 Å². The first-order chi connectivity index (χ1) is 22.5. The summed E-state index contributed by atoms with van der Waals surface area (Å²) in [5, 5.41) is 12.1. The van der Waals surface area contributed by atoms with Gasteiger partial charge in [0.1, 0.15) is 11.4 Å². The fraction of sp³-hybridized carbons (Fsp3) is 0.438. The lowest BCUT2D eigenvalue weighted by Crippen LogP contribution is -2.48. The van der Waals surface area contributed by atoms with Crippen LogP contribution in [0.5, 0.6) is 0 Å². The minimum absolute atomic E-state index is 0.0519. The van der Waals surface area contributed by atoms with E-state index in [0.29, 0.717) is 35.4 Å². The molecule has 1 N–H and O–H groups in total. The minimum atomic E-state index is -1.33. The van der Waals surface area contributed by atoms with Gasteiger partial charge < -0.3 is 19.1 Å². The van der Waals surface area contributed by atoms with Gasteiger partial charge in [-0.2, -0.15) is 10.2 Å². The molecular weight excluding hydrogens is 760 g/mol. The van der Waals surface area contributed by atoms with Gasteiger partial charge in [0.2, 0.25) is 0 Å². The topological polar surface area (TPSA) is 116 Å². The van der Waals surface area contributed by atoms with Crippen LogP contribution in [-0.2, 0) is 27.7 Å². The minimum Gasteiger partial charge on any atom is -0.444 e. The number of carbonyl (C=O) groups is 2. The summed E-state index contributed by atoms with van der Waals surface area (Å²) in [6.45, 7) is 8.86. The number of carbonyl (C=O) groups excluding carboxylic acids is 2. The average Bonchev–Trinajstić information content (AvgIpc) is 3.59. The van der Waals surface area contributed by atoms with Crippen LogP contribution >= 0.6 is 31.9 Å². The Morgan fingerprint density at radius 2 is 1.73 bits per heavy atom. The van der Waals surface area contributed by atoms with Crippen molar-refractivity contribution >= 4 is 66.4 Å². The van der Waals surface area contributed by atoms with E-state index in [1.165, 1.54) is 52.9 Å². The zero-order chi connectivity index (χ0) is 35.3. The normalized spacial score (nSPS) is 15.1. The lowest BCUT2D eigenvalue weighted by molar-refractivity contribution is -0.184. The average molecular weight is 797 g/mol. The Labute approximate surface area is 293 Å². The first-order valence-corrected chi connectivity index (χ1v) is 16.6. The third kappa shape index (κ3) is 6.80. The van der Waals surface area contributed by atoms with Crippen LogP contribution in [0.1, 0.15) is 51.9 Å². The summed E-state index contributed by atoms with van der Waals surface area (Å²) in [4.78, 5) is 30.5. The van der Waals surface area contributed by atoms with E-state index >= 15 is 4.39 Å². The highest BCUT2D eigenvalue weighted by Crippen LogP contribution is 2.39. The van der Waals surface area contributed by atoms with E-state index in [2.05, 4.69) is 42.3 Å². The second-order valence-corrected chi connectivity index (χ2v) is 14.3. The summed E-state index contributed by atoms with van der Waals surface area (Å²) in [5.41, 5.74) is 1.31. The Hall–Kier alpha value is -3.60. The van der Waals surface area contributed by atoms with Crippen molar-refractivity contribution in [3.05, 3.63) is 62.3 Å². The highest BCUT2D eigenvalue weighted by atomic mass is 79.9. The SMILES string of the molecule is COC(C)(CN(C(=O)Nc1c2c(nn1-c1cc(Br)c(F)c(Br)c1)CCN(C(=O)OC(C)(C)C)[C@H]2C)c1ccc2c(cnn2C)c1F)OC. The van der Waals surface area contributed by atoms with Crippen molar-refractivity contribution in [1.29, 1.82) is 0 Å². The monoisotopic (exact) mass is 795 g/mol. The molecule has 0 aliphatic carbocycles. The largest absolute Gasteiger partial charge is 0.444 e. The van der Waals surface area contributed by atoms with Crippen molar-refractivity contribution in [1.82, 2.24) is 24.5 Å². The van der Waals surface area contributed by atoms with E-state index in [1.807, 2.05) is 0 Å². The second kappa shape index (κ2) is 13.4. The van der Waals surface area contributed by atoms with Gasteiger partial charge in [0.15, 0.2) is 17.4 Å². The Morgan fingerprint density at radius 1 is 1.08 bits per heavy atom. The van der Waals surface area contributed by atoms with Gasteiger partial charge in [0.05, 0.1) is 55.7 Å². The van der Waals surface area contributed by atoms with E-state index < -0.39 is 41.2 Å². The third-order valence-corrected chi connectivity index (χ3v) is 9.38. The summed E-state index contributed by atoms with van der Waals surface area (Å²) in [5.74, 6) is -2.32. The number of halogens is 4. The van der Waals surface area contributed by atoms with Gasteiger partial charge in [0, 0.05) is 39.8 Å². The zero-order valence-electron chi connectivity index (χ0n) is 27.8. The number of nitrogens with zero attached hydrogens (tertiary/aromatic N) is 6. The molecule has 16 heteroatoms. The third-order valence-electron chi connectivity index (χ3n) is 8.23. The molecule has 0 bridgehead atoms. The van der Waals surface area contributed by atoms with Crippen molar-refractivity contribution in [2.45, 2.75) is 58.5 Å². The summed E-state index contributed by atoms with van der Waals surface area (Å²) in [7, 11) is 4.53. The molecule has 5 rings (SSSR count). The molecule has 1 aliphatic heterocycles. The number of nitrogens with one attached hydrogen (secondary N) is 1. The molecule has 4 aromatic rings. The maximum absolute atomic E-state index is 16.2. The van der Waals surface area contributed by atoms with Crippen LogP contribution in [-0.4, -0.2) is 75.3 Å². The molecule has 12 nitrogen and oxygen atoms in total. The van der Waals surface area contributed by atoms with Gasteiger partial charge in [0.25, 0.3) is 0 Å².